The molecule has 1 aliphatic heterocycles. The van der Waals surface area contributed by atoms with Gasteiger partial charge in [-0.05, 0) is 51.5 Å². The molecule has 2 amide bonds. The molecule has 1 aromatic heterocycles. The van der Waals surface area contributed by atoms with E-state index in [0.29, 0.717) is 43.9 Å². The number of anilines is 2. The van der Waals surface area contributed by atoms with E-state index in [1.165, 1.54) is 0 Å². The summed E-state index contributed by atoms with van der Waals surface area (Å²) in [6, 6.07) is 7.41. The number of pyridine rings is 1. The van der Waals surface area contributed by atoms with Crippen molar-refractivity contribution in [1.29, 1.82) is 0 Å². The van der Waals surface area contributed by atoms with Crippen molar-refractivity contribution in [2.75, 3.05) is 36.4 Å². The maximum Gasteiger partial charge on any atom is 0.417 e. The predicted molar refractivity (Wildman–Crippen MR) is 123 cm³/mol. The van der Waals surface area contributed by atoms with E-state index in [2.05, 4.69) is 10.3 Å². The highest BCUT2D eigenvalue weighted by Gasteiger charge is 2.32. The minimum absolute atomic E-state index is 0.0875. The highest BCUT2D eigenvalue weighted by molar-refractivity contribution is 6.33. The smallest absolute Gasteiger partial charge is 0.417 e. The van der Waals surface area contributed by atoms with Crippen molar-refractivity contribution >= 4 is 35.1 Å². The molecule has 0 aliphatic carbocycles. The van der Waals surface area contributed by atoms with Gasteiger partial charge in [-0.2, -0.15) is 13.2 Å². The molecule has 0 unspecified atom stereocenters. The topological polar surface area (TPSA) is 74.8 Å². The summed E-state index contributed by atoms with van der Waals surface area (Å²) >= 11 is 6.09. The van der Waals surface area contributed by atoms with E-state index in [0.717, 1.165) is 12.3 Å². The fourth-order valence-corrected chi connectivity index (χ4v) is 3.77. The number of alkyl halides is 3. The number of rotatable bonds is 3. The Morgan fingerprint density at radius 1 is 1.09 bits per heavy atom. The van der Waals surface area contributed by atoms with Crippen LogP contribution in [-0.4, -0.2) is 53.7 Å². The second-order valence-electron chi connectivity index (χ2n) is 8.87. The SMILES string of the molecule is CC(C)(C)OC(=O)Nc1cccc(C(=O)N2CCCN(c3ncc(C(F)(F)F)cc3Cl)CC2)c1. The van der Waals surface area contributed by atoms with E-state index < -0.39 is 23.4 Å². The van der Waals surface area contributed by atoms with E-state index in [1.54, 1.807) is 54.8 Å². The second kappa shape index (κ2) is 10.1. The number of nitrogens with one attached hydrogen (secondary N) is 1. The average Bonchev–Trinajstić information content (AvgIpc) is 2.97. The Labute approximate surface area is 200 Å². The van der Waals surface area contributed by atoms with Gasteiger partial charge in [0.1, 0.15) is 11.4 Å². The van der Waals surface area contributed by atoms with Crippen LogP contribution in [0.15, 0.2) is 36.5 Å². The summed E-state index contributed by atoms with van der Waals surface area (Å²) in [5.74, 6) is 0.0358. The monoisotopic (exact) mass is 498 g/mol. The Morgan fingerprint density at radius 2 is 1.82 bits per heavy atom. The number of carbonyl (C=O) groups excluding carboxylic acids is 2. The molecule has 2 heterocycles. The summed E-state index contributed by atoms with van der Waals surface area (Å²) in [5.41, 5.74) is -0.738. The molecule has 0 atom stereocenters. The highest BCUT2D eigenvalue weighted by atomic mass is 35.5. The molecule has 184 valence electrons. The number of aromatic nitrogens is 1. The molecule has 1 aliphatic rings. The summed E-state index contributed by atoms with van der Waals surface area (Å²) in [4.78, 5) is 32.5. The standard InChI is InChI=1S/C23H26ClF3N4O3/c1-22(2,3)34-21(33)29-17-7-4-6-15(12-17)20(32)31-9-5-8-30(10-11-31)19-18(24)13-16(14-28-19)23(25,26)27/h4,6-7,12-14H,5,8-11H2,1-3H3,(H,29,33). The number of carbonyl (C=O) groups is 2. The van der Waals surface area contributed by atoms with Crippen LogP contribution in [0.2, 0.25) is 5.02 Å². The van der Waals surface area contributed by atoms with Crippen LogP contribution >= 0.6 is 11.6 Å². The van der Waals surface area contributed by atoms with Gasteiger partial charge in [-0.25, -0.2) is 9.78 Å². The third kappa shape index (κ3) is 6.75. The van der Waals surface area contributed by atoms with Gasteiger partial charge < -0.3 is 14.5 Å². The van der Waals surface area contributed by atoms with Crippen LogP contribution in [0.1, 0.15) is 43.1 Å². The van der Waals surface area contributed by atoms with Crippen LogP contribution < -0.4 is 10.2 Å². The fourth-order valence-electron chi connectivity index (χ4n) is 3.48. The molecule has 0 radical (unpaired) electrons. The zero-order valence-electron chi connectivity index (χ0n) is 19.1. The van der Waals surface area contributed by atoms with Crippen LogP contribution in [0.3, 0.4) is 0 Å². The summed E-state index contributed by atoms with van der Waals surface area (Å²) in [5, 5.41) is 2.53. The van der Waals surface area contributed by atoms with Gasteiger partial charge in [0, 0.05) is 43.6 Å². The minimum Gasteiger partial charge on any atom is -0.444 e. The molecule has 0 spiro atoms. The van der Waals surface area contributed by atoms with Crippen molar-refractivity contribution in [1.82, 2.24) is 9.88 Å². The van der Waals surface area contributed by atoms with Crippen molar-refractivity contribution in [3.63, 3.8) is 0 Å². The summed E-state index contributed by atoms with van der Waals surface area (Å²) in [6.45, 7) is 6.90. The van der Waals surface area contributed by atoms with Gasteiger partial charge in [0.15, 0.2) is 0 Å². The number of ether oxygens (including phenoxy) is 1. The number of hydrogen-bond acceptors (Lipinski definition) is 5. The van der Waals surface area contributed by atoms with E-state index in [1.807, 2.05) is 0 Å². The number of amides is 2. The summed E-state index contributed by atoms with van der Waals surface area (Å²) < 4.78 is 43.9. The fraction of sp³-hybridized carbons (Fsp3) is 0.435. The molecular formula is C23H26ClF3N4O3. The number of benzene rings is 1. The second-order valence-corrected chi connectivity index (χ2v) is 9.27. The van der Waals surface area contributed by atoms with E-state index in [9.17, 15) is 22.8 Å². The average molecular weight is 499 g/mol. The third-order valence-electron chi connectivity index (χ3n) is 4.99. The Bertz CT molecular complexity index is 1060. The molecule has 1 N–H and O–H groups in total. The Kier molecular flexibility index (Phi) is 7.60. The van der Waals surface area contributed by atoms with E-state index >= 15 is 0 Å². The van der Waals surface area contributed by atoms with Crippen molar-refractivity contribution in [2.24, 2.45) is 0 Å². The van der Waals surface area contributed by atoms with Crippen LogP contribution in [-0.2, 0) is 10.9 Å². The maximum absolute atomic E-state index is 13.1. The summed E-state index contributed by atoms with van der Waals surface area (Å²) in [7, 11) is 0. The lowest BCUT2D eigenvalue weighted by Crippen LogP contribution is -2.35. The van der Waals surface area contributed by atoms with Crippen LogP contribution in [0.5, 0.6) is 0 Å². The van der Waals surface area contributed by atoms with E-state index in [4.69, 9.17) is 16.3 Å². The van der Waals surface area contributed by atoms with Crippen molar-refractivity contribution in [2.45, 2.75) is 39.0 Å². The Balaban J connectivity index is 1.67. The number of hydrogen-bond donors (Lipinski definition) is 1. The molecule has 0 bridgehead atoms. The first-order valence-electron chi connectivity index (χ1n) is 10.7. The van der Waals surface area contributed by atoms with Crippen molar-refractivity contribution < 1.29 is 27.5 Å². The Morgan fingerprint density at radius 3 is 2.47 bits per heavy atom. The Hall–Kier alpha value is -3.01. The van der Waals surface area contributed by atoms with E-state index in [-0.39, 0.29) is 16.7 Å². The molecule has 7 nitrogen and oxygen atoms in total. The molecule has 34 heavy (non-hydrogen) atoms. The first-order valence-corrected chi connectivity index (χ1v) is 11.1. The minimum atomic E-state index is -4.52. The van der Waals surface area contributed by atoms with Gasteiger partial charge in [-0.3, -0.25) is 10.1 Å². The predicted octanol–water partition coefficient (Wildman–Crippen LogP) is 5.45. The van der Waals surface area contributed by atoms with Crippen LogP contribution in [0.25, 0.3) is 0 Å². The number of nitrogens with zero attached hydrogens (tertiary/aromatic N) is 3. The van der Waals surface area contributed by atoms with Crippen LogP contribution in [0, 0.1) is 0 Å². The first-order chi connectivity index (χ1) is 15.8. The maximum atomic E-state index is 13.1. The van der Waals surface area contributed by atoms with Gasteiger partial charge in [-0.1, -0.05) is 17.7 Å². The lowest BCUT2D eigenvalue weighted by Gasteiger charge is -2.24. The zero-order chi connectivity index (χ0) is 25.1. The molecule has 11 heteroatoms. The number of halogens is 4. The molecule has 0 saturated carbocycles. The lowest BCUT2D eigenvalue weighted by atomic mass is 10.1. The third-order valence-corrected chi connectivity index (χ3v) is 5.26. The van der Waals surface area contributed by atoms with Gasteiger partial charge in [-0.15, -0.1) is 0 Å². The van der Waals surface area contributed by atoms with Crippen LogP contribution in [0.4, 0.5) is 29.5 Å². The van der Waals surface area contributed by atoms with Crippen molar-refractivity contribution in [3.8, 4) is 0 Å². The highest BCUT2D eigenvalue weighted by Crippen LogP contribution is 2.33. The zero-order valence-corrected chi connectivity index (χ0v) is 19.8. The molecular weight excluding hydrogens is 473 g/mol. The molecule has 1 saturated heterocycles. The van der Waals surface area contributed by atoms with Gasteiger partial charge in [0.25, 0.3) is 5.91 Å². The lowest BCUT2D eigenvalue weighted by molar-refractivity contribution is -0.137. The van der Waals surface area contributed by atoms with Crippen molar-refractivity contribution in [3.05, 3.63) is 52.7 Å². The normalized spacial score (nSPS) is 15.0. The largest absolute Gasteiger partial charge is 0.444 e. The molecule has 1 fully saturated rings. The summed E-state index contributed by atoms with van der Waals surface area (Å²) in [6.07, 6.45) is -3.80. The molecule has 2 aromatic rings. The molecule has 1 aromatic carbocycles. The molecule has 3 rings (SSSR count). The first kappa shape index (κ1) is 25.6. The quantitative estimate of drug-likeness (QED) is 0.609. The van der Waals surface area contributed by atoms with Gasteiger partial charge >= 0.3 is 12.3 Å². The van der Waals surface area contributed by atoms with Gasteiger partial charge in [0.2, 0.25) is 0 Å². The van der Waals surface area contributed by atoms with Gasteiger partial charge in [0.05, 0.1) is 10.6 Å².